The van der Waals surface area contributed by atoms with Crippen LogP contribution >= 0.6 is 23.0 Å². The fourth-order valence-corrected chi connectivity index (χ4v) is 2.50. The molecule has 0 amide bonds. The highest BCUT2D eigenvalue weighted by Crippen LogP contribution is 2.37. The quantitative estimate of drug-likeness (QED) is 0.779. The zero-order valence-electron chi connectivity index (χ0n) is 8.13. The predicted octanol–water partition coefficient (Wildman–Crippen LogP) is 3.44. The van der Waals surface area contributed by atoms with Gasteiger partial charge in [-0.15, -0.1) is 0 Å². The van der Waals surface area contributed by atoms with E-state index >= 15 is 0 Å². The number of fused-ring (bicyclic) bond motifs is 1. The maximum atomic E-state index is 5.46. The van der Waals surface area contributed by atoms with Gasteiger partial charge in [0.1, 0.15) is 5.75 Å². The molecule has 1 aliphatic rings. The number of hydrogen-bond donors (Lipinski definition) is 0. The molecule has 0 fully saturated rings. The van der Waals surface area contributed by atoms with E-state index in [0.717, 1.165) is 18.6 Å². The average molecular weight is 304 g/mol. The average Bonchev–Trinajstić information content (AvgIpc) is 2.27. The number of rotatable bonds is 2. The van der Waals surface area contributed by atoms with Crippen LogP contribution in [-0.2, 0) is 11.2 Å². The summed E-state index contributed by atoms with van der Waals surface area (Å²) in [4.78, 5) is 0. The summed E-state index contributed by atoms with van der Waals surface area (Å²) in [5.41, 5.74) is 2.62. The molecule has 1 atom stereocenters. The van der Waals surface area contributed by atoms with Crippen molar-refractivity contribution in [2.24, 2.45) is 0 Å². The van der Waals surface area contributed by atoms with E-state index in [0.29, 0.717) is 0 Å². The van der Waals surface area contributed by atoms with Crippen LogP contribution in [0.25, 0.3) is 0 Å². The fraction of sp³-hybridized carbons (Fsp3) is 0.455. The summed E-state index contributed by atoms with van der Waals surface area (Å²) in [5, 5.41) is 0. The van der Waals surface area contributed by atoms with E-state index in [1.54, 1.807) is 7.11 Å². The first-order chi connectivity index (χ1) is 6.86. The molecule has 0 aliphatic heterocycles. The molecular formula is C11H13IO2. The minimum absolute atomic E-state index is 0.255. The lowest BCUT2D eigenvalue weighted by molar-refractivity contribution is 0.0879. The van der Waals surface area contributed by atoms with Crippen molar-refractivity contribution in [1.29, 1.82) is 0 Å². The zero-order valence-corrected chi connectivity index (χ0v) is 10.3. The first-order valence-corrected chi connectivity index (χ1v) is 5.68. The van der Waals surface area contributed by atoms with Gasteiger partial charge in [-0.3, -0.25) is 0 Å². The molecule has 0 radical (unpaired) electrons. The van der Waals surface area contributed by atoms with Crippen molar-refractivity contribution in [3.63, 3.8) is 0 Å². The summed E-state index contributed by atoms with van der Waals surface area (Å²) in [6.07, 6.45) is 3.66. The van der Waals surface area contributed by atoms with Crippen LogP contribution < -0.4 is 3.07 Å². The molecule has 1 unspecified atom stereocenters. The Bertz CT molecular complexity index is 325. The number of methoxy groups -OCH3 is 1. The molecule has 76 valence electrons. The molecule has 14 heavy (non-hydrogen) atoms. The lowest BCUT2D eigenvalue weighted by atomic mass is 9.89. The first kappa shape index (κ1) is 10.2. The van der Waals surface area contributed by atoms with E-state index in [1.165, 1.54) is 17.5 Å². The van der Waals surface area contributed by atoms with Crippen LogP contribution in [-0.4, -0.2) is 7.11 Å². The Balaban J connectivity index is 2.43. The van der Waals surface area contributed by atoms with E-state index in [9.17, 15) is 0 Å². The van der Waals surface area contributed by atoms with E-state index in [-0.39, 0.29) is 6.10 Å². The van der Waals surface area contributed by atoms with Crippen molar-refractivity contribution in [3.05, 3.63) is 29.3 Å². The maximum Gasteiger partial charge on any atom is 0.192 e. The van der Waals surface area contributed by atoms with Crippen LogP contribution in [0.1, 0.15) is 30.1 Å². The SMILES string of the molecule is COC1CCCc2c(OI)cccc21. The van der Waals surface area contributed by atoms with E-state index in [2.05, 4.69) is 6.07 Å². The van der Waals surface area contributed by atoms with Crippen LogP contribution in [0.4, 0.5) is 0 Å². The van der Waals surface area contributed by atoms with Gasteiger partial charge in [0.25, 0.3) is 0 Å². The number of hydrogen-bond acceptors (Lipinski definition) is 2. The van der Waals surface area contributed by atoms with Crippen LogP contribution in [0.2, 0.25) is 0 Å². The highest BCUT2D eigenvalue weighted by atomic mass is 127. The lowest BCUT2D eigenvalue weighted by Crippen LogP contribution is -2.11. The number of benzene rings is 1. The van der Waals surface area contributed by atoms with Crippen molar-refractivity contribution in [2.45, 2.75) is 25.4 Å². The molecule has 1 aromatic rings. The topological polar surface area (TPSA) is 18.5 Å². The normalized spacial score (nSPS) is 20.3. The van der Waals surface area contributed by atoms with Gasteiger partial charge in [-0.25, -0.2) is 0 Å². The lowest BCUT2D eigenvalue weighted by Gasteiger charge is -2.25. The maximum absolute atomic E-state index is 5.46. The van der Waals surface area contributed by atoms with E-state index in [1.807, 2.05) is 35.1 Å². The van der Waals surface area contributed by atoms with Crippen molar-refractivity contribution in [3.8, 4) is 5.75 Å². The van der Waals surface area contributed by atoms with Gasteiger partial charge in [-0.2, -0.15) is 0 Å². The van der Waals surface area contributed by atoms with Crippen LogP contribution in [0.15, 0.2) is 18.2 Å². The Morgan fingerprint density at radius 3 is 3.00 bits per heavy atom. The van der Waals surface area contributed by atoms with Gasteiger partial charge in [0.15, 0.2) is 23.0 Å². The minimum Gasteiger partial charge on any atom is -0.427 e. The summed E-state index contributed by atoms with van der Waals surface area (Å²) < 4.78 is 10.8. The van der Waals surface area contributed by atoms with Crippen LogP contribution in [0.3, 0.4) is 0 Å². The van der Waals surface area contributed by atoms with Gasteiger partial charge in [0.05, 0.1) is 6.10 Å². The summed E-state index contributed by atoms with van der Waals surface area (Å²) >= 11 is 1.94. The molecule has 3 heteroatoms. The number of halogens is 1. The molecule has 2 nitrogen and oxygen atoms in total. The molecule has 1 aliphatic carbocycles. The molecule has 0 saturated heterocycles. The summed E-state index contributed by atoms with van der Waals surface area (Å²) in [5.74, 6) is 0.991. The third-order valence-corrected chi connectivity index (χ3v) is 3.25. The van der Waals surface area contributed by atoms with Gasteiger partial charge in [0.2, 0.25) is 0 Å². The Kier molecular flexibility index (Phi) is 3.28. The largest absolute Gasteiger partial charge is 0.427 e. The van der Waals surface area contributed by atoms with Crippen LogP contribution in [0.5, 0.6) is 5.75 Å². The van der Waals surface area contributed by atoms with Gasteiger partial charge in [0, 0.05) is 12.7 Å². The first-order valence-electron chi connectivity index (χ1n) is 4.80. The Labute approximate surface area is 98.3 Å². The highest BCUT2D eigenvalue weighted by Gasteiger charge is 2.22. The fourth-order valence-electron chi connectivity index (χ4n) is 2.09. The molecule has 1 aromatic carbocycles. The van der Waals surface area contributed by atoms with Gasteiger partial charge >= 0.3 is 0 Å². The molecule has 0 saturated carbocycles. The summed E-state index contributed by atoms with van der Waals surface area (Å²) in [6.45, 7) is 0. The molecule has 0 aromatic heterocycles. The highest BCUT2D eigenvalue weighted by molar-refractivity contribution is 14.1. The van der Waals surface area contributed by atoms with Crippen molar-refractivity contribution < 1.29 is 7.80 Å². The van der Waals surface area contributed by atoms with E-state index < -0.39 is 0 Å². The zero-order chi connectivity index (χ0) is 9.97. The van der Waals surface area contributed by atoms with Gasteiger partial charge in [-0.05, 0) is 30.9 Å². The van der Waals surface area contributed by atoms with Crippen molar-refractivity contribution in [2.75, 3.05) is 7.11 Å². The van der Waals surface area contributed by atoms with Crippen molar-refractivity contribution in [1.82, 2.24) is 0 Å². The predicted molar refractivity (Wildman–Crippen MR) is 63.8 cm³/mol. The number of ether oxygens (including phenoxy) is 1. The standard InChI is InChI=1S/C11H13IO2/c1-13-10-6-2-5-9-8(10)4-3-7-11(9)14-12/h3-4,7,10H,2,5-6H2,1H3. The van der Waals surface area contributed by atoms with Gasteiger partial charge < -0.3 is 7.80 Å². The van der Waals surface area contributed by atoms with Crippen molar-refractivity contribution >= 4 is 23.0 Å². The minimum atomic E-state index is 0.255. The molecule has 0 N–H and O–H groups in total. The smallest absolute Gasteiger partial charge is 0.192 e. The van der Waals surface area contributed by atoms with Gasteiger partial charge in [-0.1, -0.05) is 12.1 Å². The van der Waals surface area contributed by atoms with E-state index in [4.69, 9.17) is 7.80 Å². The Hall–Kier alpha value is -0.290. The summed E-state index contributed by atoms with van der Waals surface area (Å²) in [7, 11) is 1.78. The molecule has 0 spiro atoms. The third kappa shape index (κ3) is 1.75. The molecular weight excluding hydrogens is 291 g/mol. The molecule has 0 bridgehead atoms. The second kappa shape index (κ2) is 4.49. The Morgan fingerprint density at radius 2 is 2.29 bits per heavy atom. The monoisotopic (exact) mass is 304 g/mol. The van der Waals surface area contributed by atoms with Crippen LogP contribution in [0, 0.1) is 0 Å². The second-order valence-corrected chi connectivity index (χ2v) is 3.96. The molecule has 2 rings (SSSR count). The summed E-state index contributed by atoms with van der Waals surface area (Å²) in [6, 6.07) is 6.19. The molecule has 0 heterocycles. The third-order valence-electron chi connectivity index (χ3n) is 2.78. The second-order valence-electron chi connectivity index (χ2n) is 3.52. The Morgan fingerprint density at radius 1 is 1.43 bits per heavy atom.